The lowest BCUT2D eigenvalue weighted by atomic mass is 10.2. The van der Waals surface area contributed by atoms with Gasteiger partial charge in [-0.3, -0.25) is 4.79 Å². The number of esters is 1. The van der Waals surface area contributed by atoms with Gasteiger partial charge in [-0.1, -0.05) is 24.3 Å². The van der Waals surface area contributed by atoms with Gasteiger partial charge in [0.15, 0.2) is 0 Å². The molecule has 0 fully saturated rings. The van der Waals surface area contributed by atoms with Crippen molar-refractivity contribution in [2.24, 2.45) is 0 Å². The van der Waals surface area contributed by atoms with Crippen LogP contribution in [0.4, 0.5) is 0 Å². The Bertz CT molecular complexity index is 541. The van der Waals surface area contributed by atoms with E-state index in [1.54, 1.807) is 19.1 Å². The van der Waals surface area contributed by atoms with Gasteiger partial charge in [0.2, 0.25) is 9.84 Å². The van der Waals surface area contributed by atoms with Crippen LogP contribution >= 0.6 is 0 Å². The Kier molecular flexibility index (Phi) is 4.67. The summed E-state index contributed by atoms with van der Waals surface area (Å²) in [6.07, 6.45) is -0.315. The molecule has 0 saturated heterocycles. The van der Waals surface area contributed by atoms with Gasteiger partial charge in [-0.05, 0) is 26.0 Å². The van der Waals surface area contributed by atoms with Crippen molar-refractivity contribution in [1.82, 2.24) is 0 Å². The van der Waals surface area contributed by atoms with E-state index in [4.69, 9.17) is 4.74 Å². The molecular formula is C13H16O4S. The maximum Gasteiger partial charge on any atom is 0.310 e. The molecule has 1 aromatic rings. The maximum absolute atomic E-state index is 12.1. The van der Waals surface area contributed by atoms with Crippen molar-refractivity contribution in [3.8, 4) is 0 Å². The summed E-state index contributed by atoms with van der Waals surface area (Å²) in [6, 6.07) is 6.40. The van der Waals surface area contributed by atoms with Gasteiger partial charge in [0.05, 0.1) is 22.8 Å². The number of carbonyl (C=O) groups is 1. The number of hydrogen-bond acceptors (Lipinski definition) is 4. The lowest BCUT2D eigenvalue weighted by Gasteiger charge is -2.07. The highest BCUT2D eigenvalue weighted by molar-refractivity contribution is 7.95. The molecule has 0 aromatic heterocycles. The van der Waals surface area contributed by atoms with Crippen LogP contribution in [-0.4, -0.2) is 21.0 Å². The van der Waals surface area contributed by atoms with Crippen LogP contribution in [0.1, 0.15) is 18.9 Å². The second kappa shape index (κ2) is 5.82. The van der Waals surface area contributed by atoms with Crippen LogP contribution in [-0.2, 0) is 19.4 Å². The minimum absolute atomic E-state index is 0.141. The van der Waals surface area contributed by atoms with E-state index in [2.05, 4.69) is 6.58 Å². The van der Waals surface area contributed by atoms with Gasteiger partial charge in [0, 0.05) is 0 Å². The predicted octanol–water partition coefficient (Wildman–Crippen LogP) is 2.24. The lowest BCUT2D eigenvalue weighted by molar-refractivity contribution is -0.142. The first-order valence-corrected chi connectivity index (χ1v) is 7.01. The summed E-state index contributed by atoms with van der Waals surface area (Å²) in [7, 11) is -3.66. The largest absolute Gasteiger partial charge is 0.466 e. The van der Waals surface area contributed by atoms with E-state index in [0.29, 0.717) is 0 Å². The molecular weight excluding hydrogens is 252 g/mol. The van der Waals surface area contributed by atoms with Crippen molar-refractivity contribution < 1.29 is 17.9 Å². The van der Waals surface area contributed by atoms with E-state index in [0.717, 1.165) is 5.56 Å². The molecule has 5 heteroatoms. The quantitative estimate of drug-likeness (QED) is 0.768. The second-order valence-corrected chi connectivity index (χ2v) is 5.89. The number of rotatable bonds is 5. The summed E-state index contributed by atoms with van der Waals surface area (Å²) >= 11 is 0. The molecule has 0 atom stereocenters. The van der Waals surface area contributed by atoms with Crippen LogP contribution in [0.15, 0.2) is 40.6 Å². The van der Waals surface area contributed by atoms with E-state index in [1.807, 2.05) is 6.92 Å². The molecule has 18 heavy (non-hydrogen) atoms. The summed E-state index contributed by atoms with van der Waals surface area (Å²) in [5.74, 6) is -0.585. The van der Waals surface area contributed by atoms with Gasteiger partial charge in [-0.15, -0.1) is 0 Å². The molecule has 0 unspecified atom stereocenters. The molecule has 0 N–H and O–H groups in total. The number of ether oxygens (including phenoxy) is 1. The minimum atomic E-state index is -3.66. The summed E-state index contributed by atoms with van der Waals surface area (Å²) < 4.78 is 28.9. The molecule has 1 rings (SSSR count). The van der Waals surface area contributed by atoms with Crippen LogP contribution in [0.25, 0.3) is 0 Å². The molecule has 4 nitrogen and oxygen atoms in total. The Hall–Kier alpha value is -1.62. The van der Waals surface area contributed by atoms with Crippen LogP contribution < -0.4 is 0 Å². The van der Waals surface area contributed by atoms with E-state index in [-0.39, 0.29) is 22.8 Å². The number of carbonyl (C=O) groups excluding carboxylic acids is 1. The first kappa shape index (κ1) is 14.4. The maximum atomic E-state index is 12.1. The van der Waals surface area contributed by atoms with E-state index >= 15 is 0 Å². The summed E-state index contributed by atoms with van der Waals surface area (Å²) in [6.45, 7) is 7.20. The highest BCUT2D eigenvalue weighted by atomic mass is 32.2. The fourth-order valence-corrected chi connectivity index (χ4v) is 2.49. The van der Waals surface area contributed by atoms with Crippen molar-refractivity contribution in [3.63, 3.8) is 0 Å². The average Bonchev–Trinajstić information content (AvgIpc) is 2.29. The SMILES string of the molecule is C=C(CC(=O)OCC)S(=O)(=O)c1ccc(C)cc1. The molecule has 0 bridgehead atoms. The zero-order valence-corrected chi connectivity index (χ0v) is 11.3. The zero-order chi connectivity index (χ0) is 13.8. The normalized spacial score (nSPS) is 11.0. The Morgan fingerprint density at radius 2 is 1.83 bits per heavy atom. The van der Waals surface area contributed by atoms with Crippen molar-refractivity contribution >= 4 is 15.8 Å². The van der Waals surface area contributed by atoms with Crippen molar-refractivity contribution in [1.29, 1.82) is 0 Å². The molecule has 0 spiro atoms. The Balaban J connectivity index is 2.90. The van der Waals surface area contributed by atoms with Crippen molar-refractivity contribution in [2.45, 2.75) is 25.2 Å². The monoisotopic (exact) mass is 268 g/mol. The third-order valence-electron chi connectivity index (χ3n) is 2.36. The first-order chi connectivity index (χ1) is 8.37. The van der Waals surface area contributed by atoms with Crippen LogP contribution in [0, 0.1) is 6.92 Å². The van der Waals surface area contributed by atoms with Crippen LogP contribution in [0.3, 0.4) is 0 Å². The third-order valence-corrected chi connectivity index (χ3v) is 4.16. The molecule has 98 valence electrons. The number of benzene rings is 1. The van der Waals surface area contributed by atoms with Crippen LogP contribution in [0.2, 0.25) is 0 Å². The minimum Gasteiger partial charge on any atom is -0.466 e. The van der Waals surface area contributed by atoms with Crippen molar-refractivity contribution in [3.05, 3.63) is 41.3 Å². The number of aryl methyl sites for hydroxylation is 1. The van der Waals surface area contributed by atoms with Gasteiger partial charge in [-0.2, -0.15) is 0 Å². The zero-order valence-electron chi connectivity index (χ0n) is 10.5. The Labute approximate surface area is 107 Å². The summed E-state index contributed by atoms with van der Waals surface area (Å²) in [4.78, 5) is 11.2. The number of sulfone groups is 1. The Morgan fingerprint density at radius 3 is 2.33 bits per heavy atom. The molecule has 0 radical (unpaired) electrons. The van der Waals surface area contributed by atoms with Crippen LogP contribution in [0.5, 0.6) is 0 Å². The van der Waals surface area contributed by atoms with Gasteiger partial charge < -0.3 is 4.74 Å². The standard InChI is InChI=1S/C13H16O4S/c1-4-17-13(14)9-11(3)18(15,16)12-7-5-10(2)6-8-12/h5-8H,3-4,9H2,1-2H3. The van der Waals surface area contributed by atoms with E-state index in [9.17, 15) is 13.2 Å². The molecule has 0 saturated carbocycles. The van der Waals surface area contributed by atoms with E-state index < -0.39 is 15.8 Å². The molecule has 1 aromatic carbocycles. The fourth-order valence-electron chi connectivity index (χ4n) is 1.35. The van der Waals surface area contributed by atoms with Gasteiger partial charge in [0.1, 0.15) is 0 Å². The smallest absolute Gasteiger partial charge is 0.310 e. The van der Waals surface area contributed by atoms with E-state index in [1.165, 1.54) is 12.1 Å². The third kappa shape index (κ3) is 3.43. The fraction of sp³-hybridized carbons (Fsp3) is 0.308. The molecule has 0 aliphatic heterocycles. The lowest BCUT2D eigenvalue weighted by Crippen LogP contribution is -2.11. The summed E-state index contributed by atoms with van der Waals surface area (Å²) in [5.41, 5.74) is 0.963. The van der Waals surface area contributed by atoms with Gasteiger partial charge in [-0.25, -0.2) is 8.42 Å². The topological polar surface area (TPSA) is 60.4 Å². The Morgan fingerprint density at radius 1 is 1.28 bits per heavy atom. The molecule has 0 heterocycles. The van der Waals surface area contributed by atoms with Gasteiger partial charge in [0.25, 0.3) is 0 Å². The van der Waals surface area contributed by atoms with Gasteiger partial charge >= 0.3 is 5.97 Å². The molecule has 0 aliphatic rings. The highest BCUT2D eigenvalue weighted by Gasteiger charge is 2.21. The molecule has 0 amide bonds. The number of hydrogen-bond donors (Lipinski definition) is 0. The summed E-state index contributed by atoms with van der Waals surface area (Å²) in [5, 5.41) is 0. The first-order valence-electron chi connectivity index (χ1n) is 5.53. The highest BCUT2D eigenvalue weighted by Crippen LogP contribution is 2.21. The molecule has 0 aliphatic carbocycles. The predicted molar refractivity (Wildman–Crippen MR) is 68.8 cm³/mol. The van der Waals surface area contributed by atoms with Crippen molar-refractivity contribution in [2.75, 3.05) is 6.61 Å². The second-order valence-electron chi connectivity index (χ2n) is 3.84. The average molecular weight is 268 g/mol.